The van der Waals surface area contributed by atoms with Crippen molar-refractivity contribution in [2.75, 3.05) is 13.1 Å². The molecular weight excluding hydrogens is 305 g/mol. The van der Waals surface area contributed by atoms with Gasteiger partial charge in [-0.3, -0.25) is 4.79 Å². The van der Waals surface area contributed by atoms with E-state index in [2.05, 4.69) is 0 Å². The van der Waals surface area contributed by atoms with E-state index in [1.165, 1.54) is 0 Å². The van der Waals surface area contributed by atoms with Gasteiger partial charge < -0.3 is 4.90 Å². The van der Waals surface area contributed by atoms with E-state index >= 15 is 0 Å². The molecule has 1 aromatic carbocycles. The Labute approximate surface area is 121 Å². The lowest BCUT2D eigenvalue weighted by atomic mass is 10.1. The zero-order chi connectivity index (χ0) is 14.9. The van der Waals surface area contributed by atoms with Crippen molar-refractivity contribution in [3.63, 3.8) is 0 Å². The Morgan fingerprint density at radius 3 is 2.75 bits per heavy atom. The molecule has 0 aromatic heterocycles. The van der Waals surface area contributed by atoms with E-state index in [9.17, 15) is 17.6 Å². The van der Waals surface area contributed by atoms with Crippen molar-refractivity contribution >= 4 is 25.6 Å². The van der Waals surface area contributed by atoms with Crippen molar-refractivity contribution in [3.05, 3.63) is 29.6 Å². The number of carbonyl (C=O) groups is 1. The van der Waals surface area contributed by atoms with Crippen LogP contribution in [0.3, 0.4) is 0 Å². The molecule has 1 aliphatic heterocycles. The van der Waals surface area contributed by atoms with Crippen LogP contribution < -0.4 is 0 Å². The zero-order valence-electron chi connectivity index (χ0n) is 11.0. The summed E-state index contributed by atoms with van der Waals surface area (Å²) >= 11 is 0. The molecule has 1 heterocycles. The molecule has 0 radical (unpaired) electrons. The highest BCUT2D eigenvalue weighted by Gasteiger charge is 2.28. The van der Waals surface area contributed by atoms with Crippen LogP contribution in [-0.2, 0) is 9.05 Å². The summed E-state index contributed by atoms with van der Waals surface area (Å²) in [6.07, 6.45) is 1.85. The largest absolute Gasteiger partial charge is 0.338 e. The van der Waals surface area contributed by atoms with Gasteiger partial charge in [-0.2, -0.15) is 0 Å². The molecule has 1 aromatic rings. The molecule has 1 unspecified atom stereocenters. The summed E-state index contributed by atoms with van der Waals surface area (Å²) in [4.78, 5) is 13.5. The number of nitrogens with zero attached hydrogens (tertiary/aromatic N) is 1. The molecule has 1 saturated heterocycles. The molecule has 0 saturated carbocycles. The van der Waals surface area contributed by atoms with Crippen LogP contribution in [0.25, 0.3) is 0 Å². The molecular formula is C13H15ClFNO3S. The number of carbonyl (C=O) groups excluding carboxylic acids is 1. The smallest absolute Gasteiger partial charge is 0.261 e. The van der Waals surface area contributed by atoms with Gasteiger partial charge in [0.2, 0.25) is 0 Å². The molecule has 0 spiro atoms. The predicted molar refractivity (Wildman–Crippen MR) is 73.7 cm³/mol. The van der Waals surface area contributed by atoms with Crippen molar-refractivity contribution < 1.29 is 17.6 Å². The molecule has 1 aliphatic rings. The van der Waals surface area contributed by atoms with Crippen LogP contribution in [-0.4, -0.2) is 32.3 Å². The summed E-state index contributed by atoms with van der Waals surface area (Å²) < 4.78 is 36.3. The molecule has 1 atom stereocenters. The topological polar surface area (TPSA) is 54.5 Å². The van der Waals surface area contributed by atoms with Gasteiger partial charge in [-0.25, -0.2) is 12.8 Å². The Morgan fingerprint density at radius 1 is 1.50 bits per heavy atom. The van der Waals surface area contributed by atoms with Gasteiger partial charge in [0.05, 0.1) is 10.5 Å². The van der Waals surface area contributed by atoms with Gasteiger partial charge >= 0.3 is 0 Å². The fraction of sp³-hybridized carbons (Fsp3) is 0.462. The lowest BCUT2D eigenvalue weighted by Gasteiger charge is -2.17. The molecule has 1 amide bonds. The zero-order valence-corrected chi connectivity index (χ0v) is 12.5. The highest BCUT2D eigenvalue weighted by atomic mass is 35.7. The van der Waals surface area contributed by atoms with Gasteiger partial charge in [-0.05, 0) is 30.5 Å². The maximum absolute atomic E-state index is 13.8. The van der Waals surface area contributed by atoms with Gasteiger partial charge in [-0.15, -0.1) is 0 Å². The summed E-state index contributed by atoms with van der Waals surface area (Å²) in [5, 5.41) is 0. The van der Waals surface area contributed by atoms with E-state index in [0.29, 0.717) is 19.0 Å². The Kier molecular flexibility index (Phi) is 4.34. The number of halogens is 2. The van der Waals surface area contributed by atoms with Gasteiger partial charge in [0.15, 0.2) is 0 Å². The Balaban J connectivity index is 2.30. The van der Waals surface area contributed by atoms with Crippen molar-refractivity contribution in [1.29, 1.82) is 0 Å². The molecule has 20 heavy (non-hydrogen) atoms. The minimum absolute atomic E-state index is 0.247. The molecule has 1 fully saturated rings. The summed E-state index contributed by atoms with van der Waals surface area (Å²) in [5.41, 5.74) is -0.247. The first kappa shape index (κ1) is 15.3. The van der Waals surface area contributed by atoms with E-state index < -0.39 is 20.8 Å². The molecule has 7 heteroatoms. The van der Waals surface area contributed by atoms with E-state index in [4.69, 9.17) is 10.7 Å². The summed E-state index contributed by atoms with van der Waals surface area (Å²) in [6.45, 7) is 3.18. The monoisotopic (exact) mass is 319 g/mol. The normalized spacial score (nSPS) is 19.4. The van der Waals surface area contributed by atoms with Crippen LogP contribution in [0.4, 0.5) is 4.39 Å². The first-order valence-corrected chi connectivity index (χ1v) is 8.67. The minimum Gasteiger partial charge on any atom is -0.338 e. The summed E-state index contributed by atoms with van der Waals surface area (Å²) in [7, 11) is 1.24. The maximum atomic E-state index is 13.8. The van der Waals surface area contributed by atoms with Gasteiger partial charge in [0, 0.05) is 23.8 Å². The second-order valence-electron chi connectivity index (χ2n) is 4.89. The van der Waals surface area contributed by atoms with Crippen molar-refractivity contribution in [3.8, 4) is 0 Å². The average Bonchev–Trinajstić information content (AvgIpc) is 2.86. The number of amides is 1. The third-order valence-electron chi connectivity index (χ3n) is 3.60. The number of hydrogen-bond donors (Lipinski definition) is 0. The average molecular weight is 320 g/mol. The van der Waals surface area contributed by atoms with E-state index in [1.807, 2.05) is 6.92 Å². The van der Waals surface area contributed by atoms with Crippen LogP contribution in [0.2, 0.25) is 0 Å². The lowest BCUT2D eigenvalue weighted by Crippen LogP contribution is -2.29. The third kappa shape index (κ3) is 3.12. The second kappa shape index (κ2) is 5.69. The number of hydrogen-bond acceptors (Lipinski definition) is 3. The molecule has 110 valence electrons. The Bertz CT molecular complexity index is 633. The van der Waals surface area contributed by atoms with E-state index in [1.54, 1.807) is 4.90 Å². The van der Waals surface area contributed by atoms with Crippen LogP contribution in [0.5, 0.6) is 0 Å². The van der Waals surface area contributed by atoms with Crippen molar-refractivity contribution in [1.82, 2.24) is 4.90 Å². The molecule has 0 N–H and O–H groups in total. The van der Waals surface area contributed by atoms with Crippen LogP contribution in [0, 0.1) is 11.7 Å². The SMILES string of the molecule is CCC1CCN(C(=O)c2cc(S(=O)(=O)Cl)ccc2F)C1. The molecule has 0 aliphatic carbocycles. The second-order valence-corrected chi connectivity index (χ2v) is 7.46. The predicted octanol–water partition coefficient (Wildman–Crippen LogP) is 2.63. The molecule has 0 bridgehead atoms. The van der Waals surface area contributed by atoms with Gasteiger partial charge in [0.1, 0.15) is 5.82 Å². The van der Waals surface area contributed by atoms with Crippen LogP contribution >= 0.6 is 10.7 Å². The molecule has 4 nitrogen and oxygen atoms in total. The van der Waals surface area contributed by atoms with Crippen molar-refractivity contribution in [2.45, 2.75) is 24.7 Å². The Morgan fingerprint density at radius 2 is 2.20 bits per heavy atom. The summed E-state index contributed by atoms with van der Waals surface area (Å²) in [6, 6.07) is 3.00. The van der Waals surface area contributed by atoms with Crippen molar-refractivity contribution in [2.24, 2.45) is 5.92 Å². The first-order valence-electron chi connectivity index (χ1n) is 6.36. The van der Waals surface area contributed by atoms with E-state index in [0.717, 1.165) is 31.0 Å². The first-order chi connectivity index (χ1) is 9.32. The highest BCUT2D eigenvalue weighted by molar-refractivity contribution is 8.13. The van der Waals surface area contributed by atoms with E-state index in [-0.39, 0.29) is 10.5 Å². The van der Waals surface area contributed by atoms with Gasteiger partial charge in [0.25, 0.3) is 15.0 Å². The number of rotatable bonds is 3. The Hall–Kier alpha value is -1.14. The van der Waals surface area contributed by atoms with Crippen LogP contribution in [0.15, 0.2) is 23.1 Å². The minimum atomic E-state index is -3.98. The summed E-state index contributed by atoms with van der Waals surface area (Å²) in [5.74, 6) is -0.804. The third-order valence-corrected chi connectivity index (χ3v) is 4.95. The maximum Gasteiger partial charge on any atom is 0.261 e. The molecule has 2 rings (SSSR count). The fourth-order valence-electron chi connectivity index (χ4n) is 2.34. The van der Waals surface area contributed by atoms with Gasteiger partial charge in [-0.1, -0.05) is 13.3 Å². The highest BCUT2D eigenvalue weighted by Crippen LogP contribution is 2.24. The quantitative estimate of drug-likeness (QED) is 0.805. The standard InChI is InChI=1S/C13H15ClFNO3S/c1-2-9-5-6-16(8-9)13(17)11-7-10(20(14,18)19)3-4-12(11)15/h3-4,7,9H,2,5-6,8H2,1H3. The number of benzene rings is 1. The number of likely N-dealkylation sites (tertiary alicyclic amines) is 1. The lowest BCUT2D eigenvalue weighted by molar-refractivity contribution is 0.0782. The fourth-order valence-corrected chi connectivity index (χ4v) is 3.12. The van der Waals surface area contributed by atoms with Crippen LogP contribution in [0.1, 0.15) is 30.1 Å².